The number of urea groups is 1. The van der Waals surface area contributed by atoms with Crippen LogP contribution in [0, 0.1) is 6.92 Å². The third-order valence-corrected chi connectivity index (χ3v) is 2.19. The number of carbonyl (C=O) groups excluding carboxylic acids is 1. The van der Waals surface area contributed by atoms with Gasteiger partial charge in [0.15, 0.2) is 0 Å². The molecule has 4 heteroatoms. The first-order valence-corrected chi connectivity index (χ1v) is 5.32. The average molecular weight is 222 g/mol. The van der Waals surface area contributed by atoms with Gasteiger partial charge in [-0.25, -0.2) is 4.79 Å². The van der Waals surface area contributed by atoms with Gasteiger partial charge in [0, 0.05) is 6.54 Å². The molecule has 0 aliphatic carbocycles. The Morgan fingerprint density at radius 1 is 1.50 bits per heavy atom. The number of amides is 2. The number of hydrogen-bond acceptors (Lipinski definition) is 2. The molecule has 3 N–H and O–H groups in total. The standard InChI is InChI=1S/C12H18N2O2/c1-9-4-3-5-11(6-9)7-13-12(16)14-10(2)8-15/h3-6,10,15H,7-8H2,1-2H3,(H2,13,14,16). The van der Waals surface area contributed by atoms with Crippen LogP contribution in [-0.2, 0) is 6.54 Å². The van der Waals surface area contributed by atoms with Crippen LogP contribution in [0.3, 0.4) is 0 Å². The van der Waals surface area contributed by atoms with Crippen molar-refractivity contribution in [1.29, 1.82) is 0 Å². The number of aryl methyl sites for hydroxylation is 1. The van der Waals surface area contributed by atoms with E-state index in [0.717, 1.165) is 5.56 Å². The fraction of sp³-hybridized carbons (Fsp3) is 0.417. The smallest absolute Gasteiger partial charge is 0.315 e. The highest BCUT2D eigenvalue weighted by Crippen LogP contribution is 2.02. The SMILES string of the molecule is Cc1cccc(CNC(=O)NC(C)CO)c1. The maximum absolute atomic E-state index is 11.3. The van der Waals surface area contributed by atoms with E-state index in [-0.39, 0.29) is 18.7 Å². The van der Waals surface area contributed by atoms with Crippen LogP contribution < -0.4 is 10.6 Å². The molecule has 4 nitrogen and oxygen atoms in total. The summed E-state index contributed by atoms with van der Waals surface area (Å²) in [4.78, 5) is 11.3. The summed E-state index contributed by atoms with van der Waals surface area (Å²) in [6.07, 6.45) is 0. The Kier molecular flexibility index (Phi) is 4.79. The van der Waals surface area contributed by atoms with Crippen molar-refractivity contribution in [2.24, 2.45) is 0 Å². The summed E-state index contributed by atoms with van der Waals surface area (Å²) in [6, 6.07) is 7.47. The maximum atomic E-state index is 11.3. The summed E-state index contributed by atoms with van der Waals surface area (Å²) in [5.41, 5.74) is 2.23. The van der Waals surface area contributed by atoms with Crippen molar-refractivity contribution in [3.05, 3.63) is 35.4 Å². The van der Waals surface area contributed by atoms with Crippen LogP contribution in [0.2, 0.25) is 0 Å². The molecule has 1 rings (SSSR count). The van der Waals surface area contributed by atoms with Gasteiger partial charge in [0.05, 0.1) is 12.6 Å². The Morgan fingerprint density at radius 2 is 2.25 bits per heavy atom. The first-order chi connectivity index (χ1) is 7.61. The molecule has 1 aromatic rings. The number of carbonyl (C=O) groups is 1. The third kappa shape index (κ3) is 4.31. The fourth-order valence-electron chi connectivity index (χ4n) is 1.32. The minimum Gasteiger partial charge on any atom is -0.394 e. The quantitative estimate of drug-likeness (QED) is 0.716. The van der Waals surface area contributed by atoms with E-state index in [0.29, 0.717) is 6.54 Å². The molecule has 0 saturated heterocycles. The highest BCUT2D eigenvalue weighted by atomic mass is 16.3. The average Bonchev–Trinajstić information content (AvgIpc) is 2.26. The lowest BCUT2D eigenvalue weighted by atomic mass is 10.1. The molecular formula is C12H18N2O2. The lowest BCUT2D eigenvalue weighted by molar-refractivity contribution is 0.220. The number of benzene rings is 1. The normalized spacial score (nSPS) is 11.9. The topological polar surface area (TPSA) is 61.4 Å². The van der Waals surface area contributed by atoms with E-state index in [4.69, 9.17) is 5.11 Å². The van der Waals surface area contributed by atoms with Crippen molar-refractivity contribution >= 4 is 6.03 Å². The predicted octanol–water partition coefficient (Wildman–Crippen LogP) is 1.18. The minimum atomic E-state index is -0.261. The van der Waals surface area contributed by atoms with Crippen LogP contribution in [0.25, 0.3) is 0 Å². The van der Waals surface area contributed by atoms with Crippen LogP contribution in [0.5, 0.6) is 0 Å². The summed E-state index contributed by atoms with van der Waals surface area (Å²) in [6.45, 7) is 4.19. The largest absolute Gasteiger partial charge is 0.394 e. The number of hydrogen-bond donors (Lipinski definition) is 3. The minimum absolute atomic E-state index is 0.0577. The molecule has 0 saturated carbocycles. The van der Waals surface area contributed by atoms with Gasteiger partial charge in [0.25, 0.3) is 0 Å². The second kappa shape index (κ2) is 6.12. The van der Waals surface area contributed by atoms with Gasteiger partial charge in [-0.05, 0) is 19.4 Å². The molecule has 0 fully saturated rings. The predicted molar refractivity (Wildman–Crippen MR) is 63.1 cm³/mol. The Labute approximate surface area is 95.7 Å². The van der Waals surface area contributed by atoms with E-state index in [1.165, 1.54) is 5.56 Å². The van der Waals surface area contributed by atoms with Crippen LogP contribution in [-0.4, -0.2) is 23.8 Å². The number of aliphatic hydroxyl groups is 1. The van der Waals surface area contributed by atoms with Crippen LogP contribution in [0.4, 0.5) is 4.79 Å². The zero-order valence-corrected chi connectivity index (χ0v) is 9.66. The third-order valence-electron chi connectivity index (χ3n) is 2.19. The van der Waals surface area contributed by atoms with Crippen molar-refractivity contribution in [2.45, 2.75) is 26.4 Å². The molecule has 1 aromatic carbocycles. The Morgan fingerprint density at radius 3 is 2.88 bits per heavy atom. The number of rotatable bonds is 4. The second-order valence-electron chi connectivity index (χ2n) is 3.90. The molecule has 88 valence electrons. The van der Waals surface area contributed by atoms with E-state index in [1.54, 1.807) is 6.92 Å². The number of aliphatic hydroxyl groups excluding tert-OH is 1. The van der Waals surface area contributed by atoms with Gasteiger partial charge in [-0.2, -0.15) is 0 Å². The van der Waals surface area contributed by atoms with Crippen molar-refractivity contribution in [3.63, 3.8) is 0 Å². The van der Waals surface area contributed by atoms with Gasteiger partial charge in [-0.3, -0.25) is 0 Å². The summed E-state index contributed by atoms with van der Waals surface area (Å²) >= 11 is 0. The lowest BCUT2D eigenvalue weighted by Gasteiger charge is -2.12. The lowest BCUT2D eigenvalue weighted by Crippen LogP contribution is -2.41. The molecule has 0 aliphatic heterocycles. The molecule has 0 radical (unpaired) electrons. The first-order valence-electron chi connectivity index (χ1n) is 5.32. The monoisotopic (exact) mass is 222 g/mol. The Balaban J connectivity index is 2.37. The molecule has 0 aromatic heterocycles. The van der Waals surface area contributed by atoms with Gasteiger partial charge in [-0.1, -0.05) is 29.8 Å². The summed E-state index contributed by atoms with van der Waals surface area (Å²) in [7, 11) is 0. The van der Waals surface area contributed by atoms with Crippen molar-refractivity contribution in [3.8, 4) is 0 Å². The molecule has 0 spiro atoms. The molecular weight excluding hydrogens is 204 g/mol. The molecule has 0 aliphatic rings. The molecule has 0 bridgehead atoms. The molecule has 1 atom stereocenters. The van der Waals surface area contributed by atoms with Crippen LogP contribution in [0.15, 0.2) is 24.3 Å². The van der Waals surface area contributed by atoms with Crippen molar-refractivity contribution in [2.75, 3.05) is 6.61 Å². The van der Waals surface area contributed by atoms with Gasteiger partial charge >= 0.3 is 6.03 Å². The summed E-state index contributed by atoms with van der Waals surface area (Å²) in [5.74, 6) is 0. The van der Waals surface area contributed by atoms with E-state index >= 15 is 0 Å². The van der Waals surface area contributed by atoms with E-state index in [9.17, 15) is 4.79 Å². The molecule has 2 amide bonds. The zero-order valence-electron chi connectivity index (χ0n) is 9.66. The van der Waals surface area contributed by atoms with E-state index < -0.39 is 0 Å². The van der Waals surface area contributed by atoms with Crippen molar-refractivity contribution in [1.82, 2.24) is 10.6 Å². The van der Waals surface area contributed by atoms with Gasteiger partial charge in [0.2, 0.25) is 0 Å². The highest BCUT2D eigenvalue weighted by molar-refractivity contribution is 5.74. The summed E-state index contributed by atoms with van der Waals surface area (Å²) in [5, 5.41) is 14.1. The second-order valence-corrected chi connectivity index (χ2v) is 3.90. The molecule has 1 unspecified atom stereocenters. The van der Waals surface area contributed by atoms with Crippen LogP contribution in [0.1, 0.15) is 18.1 Å². The van der Waals surface area contributed by atoms with Crippen molar-refractivity contribution < 1.29 is 9.90 Å². The molecule has 0 heterocycles. The van der Waals surface area contributed by atoms with Crippen LogP contribution >= 0.6 is 0 Å². The molecule has 16 heavy (non-hydrogen) atoms. The number of nitrogens with one attached hydrogen (secondary N) is 2. The maximum Gasteiger partial charge on any atom is 0.315 e. The zero-order chi connectivity index (χ0) is 12.0. The Hall–Kier alpha value is -1.55. The van der Waals surface area contributed by atoms with Gasteiger partial charge in [0.1, 0.15) is 0 Å². The highest BCUT2D eigenvalue weighted by Gasteiger charge is 2.04. The summed E-state index contributed by atoms with van der Waals surface area (Å²) < 4.78 is 0. The Bertz CT molecular complexity index is 353. The fourth-order valence-corrected chi connectivity index (χ4v) is 1.32. The first kappa shape index (κ1) is 12.5. The van der Waals surface area contributed by atoms with E-state index in [2.05, 4.69) is 10.6 Å². The van der Waals surface area contributed by atoms with Gasteiger partial charge in [-0.15, -0.1) is 0 Å². The van der Waals surface area contributed by atoms with Gasteiger partial charge < -0.3 is 15.7 Å². The van der Waals surface area contributed by atoms with E-state index in [1.807, 2.05) is 31.2 Å².